The third-order valence-electron chi connectivity index (χ3n) is 2.54. The van der Waals surface area contributed by atoms with Crippen molar-refractivity contribution in [3.05, 3.63) is 18.2 Å². The first-order valence-electron chi connectivity index (χ1n) is 5.54. The fourth-order valence-electron chi connectivity index (χ4n) is 1.81. The summed E-state index contributed by atoms with van der Waals surface area (Å²) in [6.07, 6.45) is 8.45. The Morgan fingerprint density at radius 3 is 2.79 bits per heavy atom. The van der Waals surface area contributed by atoms with Crippen LogP contribution >= 0.6 is 0 Å². The third-order valence-corrected chi connectivity index (χ3v) is 2.54. The van der Waals surface area contributed by atoms with E-state index < -0.39 is 0 Å². The zero-order chi connectivity index (χ0) is 10.4. The van der Waals surface area contributed by atoms with Crippen LogP contribution in [-0.2, 0) is 6.42 Å². The van der Waals surface area contributed by atoms with Crippen molar-refractivity contribution in [3.8, 4) is 0 Å². The minimum Gasteiger partial charge on any atom is -0.330 e. The quantitative estimate of drug-likeness (QED) is 0.755. The van der Waals surface area contributed by atoms with Crippen LogP contribution in [0.25, 0.3) is 0 Å². The molecule has 0 radical (unpaired) electrons. The van der Waals surface area contributed by atoms with Crippen molar-refractivity contribution >= 4 is 0 Å². The number of hydrogen-bond acceptors (Lipinski definition) is 2. The van der Waals surface area contributed by atoms with E-state index in [-0.39, 0.29) is 0 Å². The molecule has 0 fully saturated rings. The van der Waals surface area contributed by atoms with E-state index in [2.05, 4.69) is 23.4 Å². The van der Waals surface area contributed by atoms with Crippen LogP contribution in [0.5, 0.6) is 0 Å². The van der Waals surface area contributed by atoms with Gasteiger partial charge in [0.2, 0.25) is 0 Å². The van der Waals surface area contributed by atoms with E-state index in [9.17, 15) is 0 Å². The fourth-order valence-corrected chi connectivity index (χ4v) is 1.81. The van der Waals surface area contributed by atoms with Gasteiger partial charge in [-0.2, -0.15) is 0 Å². The summed E-state index contributed by atoms with van der Waals surface area (Å²) in [5, 5.41) is 0. The summed E-state index contributed by atoms with van der Waals surface area (Å²) in [6, 6.07) is 0.434. The van der Waals surface area contributed by atoms with Crippen LogP contribution in [-0.4, -0.2) is 16.1 Å². The average Bonchev–Trinajstić information content (AvgIpc) is 2.63. The SMILES string of the molecule is CCCc1cncn1C(CN)CCC. The van der Waals surface area contributed by atoms with Gasteiger partial charge in [0.15, 0.2) is 0 Å². The number of aromatic nitrogens is 2. The Kier molecular flexibility index (Phi) is 4.66. The van der Waals surface area contributed by atoms with Gasteiger partial charge in [0.05, 0.1) is 6.33 Å². The predicted molar refractivity (Wildman–Crippen MR) is 59.2 cm³/mol. The molecule has 0 bridgehead atoms. The lowest BCUT2D eigenvalue weighted by Crippen LogP contribution is -2.20. The maximum Gasteiger partial charge on any atom is 0.0951 e. The lowest BCUT2D eigenvalue weighted by molar-refractivity contribution is 0.456. The monoisotopic (exact) mass is 195 g/mol. The first kappa shape index (κ1) is 11.2. The molecule has 1 aromatic heterocycles. The van der Waals surface area contributed by atoms with Crippen LogP contribution in [0.3, 0.4) is 0 Å². The number of nitrogens with two attached hydrogens (primary N) is 1. The van der Waals surface area contributed by atoms with Gasteiger partial charge in [0, 0.05) is 24.5 Å². The van der Waals surface area contributed by atoms with Crippen LogP contribution < -0.4 is 5.73 Å². The third kappa shape index (κ3) is 2.58. The van der Waals surface area contributed by atoms with Crippen LogP contribution in [0.15, 0.2) is 12.5 Å². The van der Waals surface area contributed by atoms with Gasteiger partial charge in [0.1, 0.15) is 0 Å². The summed E-state index contributed by atoms with van der Waals surface area (Å²) in [5.41, 5.74) is 7.08. The van der Waals surface area contributed by atoms with Gasteiger partial charge >= 0.3 is 0 Å². The van der Waals surface area contributed by atoms with Crippen LogP contribution in [0, 0.1) is 0 Å². The summed E-state index contributed by atoms with van der Waals surface area (Å²) >= 11 is 0. The molecule has 80 valence electrons. The molecule has 0 aromatic carbocycles. The first-order chi connectivity index (χ1) is 6.83. The van der Waals surface area contributed by atoms with E-state index >= 15 is 0 Å². The van der Waals surface area contributed by atoms with Crippen LogP contribution in [0.4, 0.5) is 0 Å². The Hall–Kier alpha value is -0.830. The van der Waals surface area contributed by atoms with E-state index in [1.165, 1.54) is 12.1 Å². The van der Waals surface area contributed by atoms with Crippen molar-refractivity contribution in [3.63, 3.8) is 0 Å². The van der Waals surface area contributed by atoms with Crippen molar-refractivity contribution < 1.29 is 0 Å². The normalized spacial score (nSPS) is 13.1. The van der Waals surface area contributed by atoms with Crippen LogP contribution in [0.2, 0.25) is 0 Å². The van der Waals surface area contributed by atoms with Crippen LogP contribution in [0.1, 0.15) is 44.8 Å². The minimum absolute atomic E-state index is 0.434. The number of nitrogens with zero attached hydrogens (tertiary/aromatic N) is 2. The molecule has 1 aromatic rings. The highest BCUT2D eigenvalue weighted by atomic mass is 15.1. The van der Waals surface area contributed by atoms with E-state index in [0.717, 1.165) is 19.3 Å². The lowest BCUT2D eigenvalue weighted by Gasteiger charge is -2.18. The Bertz CT molecular complexity index is 255. The zero-order valence-electron chi connectivity index (χ0n) is 9.24. The Balaban J connectivity index is 2.74. The Morgan fingerprint density at radius 1 is 1.43 bits per heavy atom. The van der Waals surface area contributed by atoms with Gasteiger partial charge < -0.3 is 10.3 Å². The summed E-state index contributed by atoms with van der Waals surface area (Å²) in [5.74, 6) is 0. The molecule has 0 saturated heterocycles. The molecule has 3 heteroatoms. The molecule has 1 heterocycles. The van der Waals surface area contributed by atoms with Gasteiger partial charge in [-0.15, -0.1) is 0 Å². The van der Waals surface area contributed by atoms with Gasteiger partial charge in [-0.25, -0.2) is 4.98 Å². The maximum absolute atomic E-state index is 5.77. The van der Waals surface area contributed by atoms with Crippen molar-refractivity contribution in [1.29, 1.82) is 0 Å². The smallest absolute Gasteiger partial charge is 0.0951 e. The molecule has 14 heavy (non-hydrogen) atoms. The average molecular weight is 195 g/mol. The zero-order valence-corrected chi connectivity index (χ0v) is 9.24. The molecule has 3 nitrogen and oxygen atoms in total. The second-order valence-electron chi connectivity index (χ2n) is 3.72. The van der Waals surface area contributed by atoms with E-state index in [4.69, 9.17) is 5.73 Å². The van der Waals surface area contributed by atoms with Crippen molar-refractivity contribution in [2.75, 3.05) is 6.54 Å². The van der Waals surface area contributed by atoms with E-state index in [1.807, 2.05) is 12.5 Å². The Labute approximate surface area is 86.3 Å². The molecule has 0 aliphatic carbocycles. The second-order valence-corrected chi connectivity index (χ2v) is 3.72. The molecule has 0 spiro atoms. The molecule has 2 N–H and O–H groups in total. The summed E-state index contributed by atoms with van der Waals surface area (Å²) in [7, 11) is 0. The predicted octanol–water partition coefficient (Wildman–Crippen LogP) is 2.14. The molecule has 0 saturated carbocycles. The standard InChI is InChI=1S/C11H21N3/c1-3-5-10(7-12)14-9-13-8-11(14)6-4-2/h8-10H,3-7,12H2,1-2H3. The Morgan fingerprint density at radius 2 is 2.21 bits per heavy atom. The first-order valence-corrected chi connectivity index (χ1v) is 5.54. The molecule has 1 atom stereocenters. The summed E-state index contributed by atoms with van der Waals surface area (Å²) in [6.45, 7) is 5.09. The van der Waals surface area contributed by atoms with Gasteiger partial charge in [-0.3, -0.25) is 0 Å². The molecular weight excluding hydrogens is 174 g/mol. The lowest BCUT2D eigenvalue weighted by atomic mass is 10.1. The number of aryl methyl sites for hydroxylation is 1. The maximum atomic E-state index is 5.77. The molecule has 0 aliphatic heterocycles. The van der Waals surface area contributed by atoms with Gasteiger partial charge in [-0.05, 0) is 12.8 Å². The molecule has 0 amide bonds. The number of hydrogen-bond donors (Lipinski definition) is 1. The van der Waals surface area contributed by atoms with E-state index in [1.54, 1.807) is 0 Å². The van der Waals surface area contributed by atoms with Gasteiger partial charge in [0.25, 0.3) is 0 Å². The number of imidazole rings is 1. The van der Waals surface area contributed by atoms with Crippen molar-refractivity contribution in [1.82, 2.24) is 9.55 Å². The minimum atomic E-state index is 0.434. The highest BCUT2D eigenvalue weighted by molar-refractivity contribution is 5.00. The highest BCUT2D eigenvalue weighted by Crippen LogP contribution is 2.15. The number of rotatable bonds is 6. The largest absolute Gasteiger partial charge is 0.330 e. The molecular formula is C11H21N3. The van der Waals surface area contributed by atoms with Crippen molar-refractivity contribution in [2.24, 2.45) is 5.73 Å². The van der Waals surface area contributed by atoms with Crippen molar-refractivity contribution in [2.45, 2.75) is 45.6 Å². The topological polar surface area (TPSA) is 43.8 Å². The molecule has 1 rings (SSSR count). The molecule has 1 unspecified atom stereocenters. The van der Waals surface area contributed by atoms with E-state index in [0.29, 0.717) is 12.6 Å². The van der Waals surface area contributed by atoms with Gasteiger partial charge in [-0.1, -0.05) is 26.7 Å². The summed E-state index contributed by atoms with van der Waals surface area (Å²) in [4.78, 5) is 4.20. The highest BCUT2D eigenvalue weighted by Gasteiger charge is 2.10. The fraction of sp³-hybridized carbons (Fsp3) is 0.727. The second kappa shape index (κ2) is 5.81. The summed E-state index contributed by atoms with van der Waals surface area (Å²) < 4.78 is 2.24. The molecule has 0 aliphatic rings.